The van der Waals surface area contributed by atoms with Crippen molar-refractivity contribution in [3.05, 3.63) is 29.8 Å². The number of carbonyl (C=O) groups excluding carboxylic acids is 2. The van der Waals surface area contributed by atoms with Gasteiger partial charge in [0.05, 0.1) is 12.2 Å². The van der Waals surface area contributed by atoms with Gasteiger partial charge >= 0.3 is 5.97 Å². The predicted molar refractivity (Wildman–Crippen MR) is 74.2 cm³/mol. The molecule has 0 heterocycles. The number of hydrogen-bond donors (Lipinski definition) is 2. The fraction of sp³-hybridized carbons (Fsp3) is 0.429. The Morgan fingerprint density at radius 2 is 1.95 bits per heavy atom. The number of carbonyl (C=O) groups is 2. The molecule has 104 valence electrons. The Balaban J connectivity index is 2.75. The largest absolute Gasteiger partial charge is 0.464 e. The van der Waals surface area contributed by atoms with Crippen LogP contribution in [0.3, 0.4) is 0 Å². The van der Waals surface area contributed by atoms with Gasteiger partial charge in [-0.05, 0) is 32.9 Å². The number of amides is 1. The van der Waals surface area contributed by atoms with Gasteiger partial charge in [-0.15, -0.1) is 0 Å². The molecule has 0 bridgehead atoms. The van der Waals surface area contributed by atoms with Gasteiger partial charge in [0.1, 0.15) is 6.04 Å². The molecule has 2 N–H and O–H groups in total. The molecule has 1 unspecified atom stereocenters. The molecule has 0 aromatic heterocycles. The standard InChI is InChI=1S/C14H20N2O3/c1-4-15-12-9-7-6-8-11(12)13(17)16-10(3)14(18)19-5-2/h6-10,15H,4-5H2,1-3H3,(H,16,17). The minimum absolute atomic E-state index is 0.294. The first kappa shape index (κ1) is 15.0. The minimum Gasteiger partial charge on any atom is -0.464 e. The maximum absolute atomic E-state index is 12.1. The number of benzene rings is 1. The number of esters is 1. The van der Waals surface area contributed by atoms with Gasteiger partial charge in [0.25, 0.3) is 5.91 Å². The summed E-state index contributed by atoms with van der Waals surface area (Å²) < 4.78 is 4.85. The third kappa shape index (κ3) is 4.28. The molecule has 19 heavy (non-hydrogen) atoms. The minimum atomic E-state index is -0.665. The fourth-order valence-electron chi connectivity index (χ4n) is 1.63. The highest BCUT2D eigenvalue weighted by atomic mass is 16.5. The SMILES string of the molecule is CCNc1ccccc1C(=O)NC(C)C(=O)OCC. The van der Waals surface area contributed by atoms with E-state index in [2.05, 4.69) is 10.6 Å². The summed E-state index contributed by atoms with van der Waals surface area (Å²) in [5, 5.41) is 5.73. The molecule has 0 radical (unpaired) electrons. The quantitative estimate of drug-likeness (QED) is 0.769. The van der Waals surface area contributed by atoms with E-state index < -0.39 is 12.0 Å². The maximum atomic E-state index is 12.1. The first-order valence-corrected chi connectivity index (χ1v) is 6.40. The summed E-state index contributed by atoms with van der Waals surface area (Å²) in [6, 6.07) is 6.51. The molecule has 0 fully saturated rings. The number of rotatable bonds is 6. The van der Waals surface area contributed by atoms with Crippen molar-refractivity contribution in [2.45, 2.75) is 26.8 Å². The van der Waals surface area contributed by atoms with Crippen LogP contribution >= 0.6 is 0 Å². The van der Waals surface area contributed by atoms with Gasteiger partial charge in [-0.1, -0.05) is 12.1 Å². The Hall–Kier alpha value is -2.04. The van der Waals surface area contributed by atoms with Crippen molar-refractivity contribution in [1.82, 2.24) is 5.32 Å². The molecule has 1 atom stereocenters. The molecule has 5 nitrogen and oxygen atoms in total. The lowest BCUT2D eigenvalue weighted by atomic mass is 10.1. The van der Waals surface area contributed by atoms with E-state index in [9.17, 15) is 9.59 Å². The molecule has 0 aliphatic rings. The zero-order valence-corrected chi connectivity index (χ0v) is 11.5. The van der Waals surface area contributed by atoms with Crippen molar-refractivity contribution in [2.24, 2.45) is 0 Å². The maximum Gasteiger partial charge on any atom is 0.328 e. The van der Waals surface area contributed by atoms with Crippen LogP contribution in [0.4, 0.5) is 5.69 Å². The van der Waals surface area contributed by atoms with E-state index >= 15 is 0 Å². The van der Waals surface area contributed by atoms with Crippen molar-refractivity contribution >= 4 is 17.6 Å². The summed E-state index contributed by atoms with van der Waals surface area (Å²) >= 11 is 0. The van der Waals surface area contributed by atoms with Crippen LogP contribution in [0.15, 0.2) is 24.3 Å². The molecule has 0 aliphatic heterocycles. The Kier molecular flexibility index (Phi) is 5.85. The van der Waals surface area contributed by atoms with E-state index in [1.54, 1.807) is 26.0 Å². The topological polar surface area (TPSA) is 67.4 Å². The highest BCUT2D eigenvalue weighted by Crippen LogP contribution is 2.14. The molecule has 5 heteroatoms. The van der Waals surface area contributed by atoms with Gasteiger partial charge in [0.2, 0.25) is 0 Å². The van der Waals surface area contributed by atoms with Gasteiger partial charge in [-0.2, -0.15) is 0 Å². The number of ether oxygens (including phenoxy) is 1. The van der Waals surface area contributed by atoms with Crippen LogP contribution in [0.1, 0.15) is 31.1 Å². The van der Waals surface area contributed by atoms with Crippen LogP contribution in [0.2, 0.25) is 0 Å². The van der Waals surface area contributed by atoms with Crippen LogP contribution in [-0.2, 0) is 9.53 Å². The highest BCUT2D eigenvalue weighted by Gasteiger charge is 2.18. The van der Waals surface area contributed by atoms with Crippen LogP contribution < -0.4 is 10.6 Å². The van der Waals surface area contributed by atoms with Gasteiger partial charge < -0.3 is 15.4 Å². The molecule has 0 saturated carbocycles. The highest BCUT2D eigenvalue weighted by molar-refractivity contribution is 6.01. The average molecular weight is 264 g/mol. The third-order valence-electron chi connectivity index (χ3n) is 2.53. The summed E-state index contributed by atoms with van der Waals surface area (Å²) in [4.78, 5) is 23.6. The molecule has 1 amide bonds. The second kappa shape index (κ2) is 7.41. The van der Waals surface area contributed by atoms with E-state index in [0.29, 0.717) is 12.2 Å². The van der Waals surface area contributed by atoms with Crippen LogP contribution in [0.25, 0.3) is 0 Å². The summed E-state index contributed by atoms with van der Waals surface area (Å²) in [6.45, 7) is 6.30. The van der Waals surface area contributed by atoms with E-state index in [1.165, 1.54) is 0 Å². The second-order valence-corrected chi connectivity index (χ2v) is 4.02. The lowest BCUT2D eigenvalue weighted by Gasteiger charge is -2.15. The Labute approximate surface area is 113 Å². The zero-order valence-electron chi connectivity index (χ0n) is 11.5. The van der Waals surface area contributed by atoms with Crippen LogP contribution in [-0.4, -0.2) is 31.1 Å². The predicted octanol–water partition coefficient (Wildman–Crippen LogP) is 1.80. The second-order valence-electron chi connectivity index (χ2n) is 4.02. The molecule has 0 saturated heterocycles. The monoisotopic (exact) mass is 264 g/mol. The van der Waals surface area contributed by atoms with Gasteiger partial charge in [0, 0.05) is 12.2 Å². The summed E-state index contributed by atoms with van der Waals surface area (Å²) in [7, 11) is 0. The van der Waals surface area contributed by atoms with E-state index in [1.807, 2.05) is 19.1 Å². The molecule has 0 aliphatic carbocycles. The van der Waals surface area contributed by atoms with Crippen molar-refractivity contribution in [3.8, 4) is 0 Å². The van der Waals surface area contributed by atoms with E-state index in [-0.39, 0.29) is 5.91 Å². The van der Waals surface area contributed by atoms with E-state index in [4.69, 9.17) is 4.74 Å². The van der Waals surface area contributed by atoms with Crippen LogP contribution in [0, 0.1) is 0 Å². The number of nitrogens with one attached hydrogen (secondary N) is 2. The third-order valence-corrected chi connectivity index (χ3v) is 2.53. The summed E-state index contributed by atoms with van der Waals surface area (Å²) in [6.07, 6.45) is 0. The molecule has 1 aromatic rings. The number of para-hydroxylation sites is 1. The Morgan fingerprint density at radius 3 is 2.58 bits per heavy atom. The smallest absolute Gasteiger partial charge is 0.328 e. The number of hydrogen-bond acceptors (Lipinski definition) is 4. The van der Waals surface area contributed by atoms with Crippen molar-refractivity contribution in [3.63, 3.8) is 0 Å². The van der Waals surface area contributed by atoms with Crippen LogP contribution in [0.5, 0.6) is 0 Å². The molecular weight excluding hydrogens is 244 g/mol. The zero-order chi connectivity index (χ0) is 14.3. The Morgan fingerprint density at radius 1 is 1.26 bits per heavy atom. The lowest BCUT2D eigenvalue weighted by Crippen LogP contribution is -2.39. The molecule has 1 rings (SSSR count). The molecule has 1 aromatic carbocycles. The molecule has 0 spiro atoms. The van der Waals surface area contributed by atoms with Crippen molar-refractivity contribution in [1.29, 1.82) is 0 Å². The van der Waals surface area contributed by atoms with Gasteiger partial charge in [0.15, 0.2) is 0 Å². The van der Waals surface area contributed by atoms with Gasteiger partial charge in [-0.25, -0.2) is 4.79 Å². The summed E-state index contributed by atoms with van der Waals surface area (Å²) in [5.41, 5.74) is 1.26. The lowest BCUT2D eigenvalue weighted by molar-refractivity contribution is -0.144. The first-order valence-electron chi connectivity index (χ1n) is 6.40. The molecular formula is C14H20N2O3. The van der Waals surface area contributed by atoms with E-state index in [0.717, 1.165) is 12.2 Å². The summed E-state index contributed by atoms with van der Waals surface area (Å²) in [5.74, 6) is -0.728. The first-order chi connectivity index (χ1) is 9.10. The van der Waals surface area contributed by atoms with Crippen molar-refractivity contribution < 1.29 is 14.3 Å². The number of anilines is 1. The van der Waals surface area contributed by atoms with Gasteiger partial charge in [-0.3, -0.25) is 4.79 Å². The average Bonchev–Trinajstić information content (AvgIpc) is 2.39. The Bertz CT molecular complexity index is 446. The fourth-order valence-corrected chi connectivity index (χ4v) is 1.63. The van der Waals surface area contributed by atoms with Crippen molar-refractivity contribution in [2.75, 3.05) is 18.5 Å². The normalized spacial score (nSPS) is 11.5.